The average molecular weight is 702 g/mol. The smallest absolute Gasteiger partial charge is 0.299 e. The maximum Gasteiger partial charge on any atom is 0.299 e. The summed E-state index contributed by atoms with van der Waals surface area (Å²) in [5.74, 6) is -0.0220. The Morgan fingerprint density at radius 2 is 1.37 bits per heavy atom. The number of hydrogen-bond acceptors (Lipinski definition) is 10. The van der Waals surface area contributed by atoms with Crippen LogP contribution in [0.3, 0.4) is 0 Å². The molecular weight excluding hydrogens is 670 g/mol. The Morgan fingerprint density at radius 1 is 0.735 bits per heavy atom. The number of aromatic amines is 1. The van der Waals surface area contributed by atoms with Gasteiger partial charge in [0.05, 0.1) is 16.3 Å². The minimum atomic E-state index is -3.92. The van der Waals surface area contributed by atoms with Gasteiger partial charge in [0.2, 0.25) is 10.0 Å². The van der Waals surface area contributed by atoms with Crippen LogP contribution in [0.4, 0.5) is 22.7 Å². The number of aryl methyl sites for hydroxylation is 2. The van der Waals surface area contributed by atoms with E-state index in [9.17, 15) is 28.5 Å². The summed E-state index contributed by atoms with van der Waals surface area (Å²) in [4.78, 5) is 12.5. The van der Waals surface area contributed by atoms with Crippen molar-refractivity contribution in [2.75, 3.05) is 0 Å². The summed E-state index contributed by atoms with van der Waals surface area (Å²) in [6.45, 7) is 3.52. The fourth-order valence-electron chi connectivity index (χ4n) is 4.48. The molecule has 6 rings (SSSR count). The second-order valence-corrected chi connectivity index (χ2v) is 12.4. The van der Waals surface area contributed by atoms with E-state index in [1.54, 1.807) is 31.2 Å². The van der Waals surface area contributed by atoms with Crippen molar-refractivity contribution in [3.8, 4) is 22.9 Å². The lowest BCUT2D eigenvalue weighted by Gasteiger charge is -2.04. The van der Waals surface area contributed by atoms with Gasteiger partial charge in [-0.1, -0.05) is 61.5 Å². The van der Waals surface area contributed by atoms with Crippen LogP contribution < -0.4 is 10.7 Å². The first-order chi connectivity index (χ1) is 22.8. The summed E-state index contributed by atoms with van der Waals surface area (Å²) in [6, 6.07) is 26.0. The van der Waals surface area contributed by atoms with Crippen molar-refractivity contribution in [1.29, 1.82) is 0 Å². The predicted molar refractivity (Wildman–Crippen MR) is 189 cm³/mol. The van der Waals surface area contributed by atoms with Crippen LogP contribution >= 0.6 is 11.6 Å². The van der Waals surface area contributed by atoms with E-state index >= 15 is 0 Å². The van der Waals surface area contributed by atoms with Crippen LogP contribution in [0.5, 0.6) is 17.2 Å². The number of sulfonamides is 1. The topological polar surface area (TPSA) is 208 Å². The van der Waals surface area contributed by atoms with Crippen LogP contribution in [-0.2, 0) is 10.0 Å². The third-order valence-corrected chi connectivity index (χ3v) is 8.05. The van der Waals surface area contributed by atoms with E-state index in [0.717, 1.165) is 21.0 Å². The highest BCUT2D eigenvalue weighted by molar-refractivity contribution is 7.89. The summed E-state index contributed by atoms with van der Waals surface area (Å²) in [5.41, 5.74) is 1.96. The van der Waals surface area contributed by atoms with E-state index in [-0.39, 0.29) is 46.6 Å². The molecule has 0 aliphatic carbocycles. The SMILES string of the molecule is C.Cc1[nH]n(-c2cccc(S(N)(=O)=O)c2)c(=O)c1N=Nc1cc(Cl)ccc1O.Cc1ccc(O)c(N=Nc2c(O)ccc3ccccc23)c1. The van der Waals surface area contributed by atoms with Crippen LogP contribution in [0, 0.1) is 13.8 Å². The number of nitrogens with two attached hydrogens (primary N) is 1. The third-order valence-electron chi connectivity index (χ3n) is 6.91. The zero-order valence-electron chi connectivity index (χ0n) is 25.4. The second kappa shape index (κ2) is 14.9. The first kappa shape index (κ1) is 36.0. The molecule has 1 heterocycles. The number of phenolic OH excluding ortho intramolecular Hbond substituents is 3. The average Bonchev–Trinajstić information content (AvgIpc) is 3.34. The molecule has 0 fully saturated rings. The molecule has 0 spiro atoms. The van der Waals surface area contributed by atoms with Gasteiger partial charge in [0, 0.05) is 10.4 Å². The lowest BCUT2D eigenvalue weighted by atomic mass is 10.1. The highest BCUT2D eigenvalue weighted by atomic mass is 35.5. The van der Waals surface area contributed by atoms with E-state index in [1.807, 2.05) is 37.3 Å². The minimum Gasteiger partial charge on any atom is -0.506 e. The standard InChI is InChI=1S/C17H14N2O2.C16H14ClN5O4S.CH4/c1-11-6-8-15(20)14(10-11)18-19-17-13-5-3-2-4-12(13)7-9-16(17)21;1-9-15(20-19-13-7-10(17)5-6-14(13)23)16(24)22(21-9)11-3-2-4-12(8-11)27(18,25)26;/h2-10,20-21H,1H3;2-8,21,23H,1H3,(H2,18,25,26);1H4. The van der Waals surface area contributed by atoms with E-state index in [1.165, 1.54) is 42.5 Å². The summed E-state index contributed by atoms with van der Waals surface area (Å²) in [5, 5.41) is 55.5. The van der Waals surface area contributed by atoms with Crippen LogP contribution in [0.1, 0.15) is 18.7 Å². The molecule has 49 heavy (non-hydrogen) atoms. The molecule has 0 atom stereocenters. The van der Waals surface area contributed by atoms with Crippen molar-refractivity contribution < 1.29 is 23.7 Å². The number of aromatic hydroxyl groups is 3. The highest BCUT2D eigenvalue weighted by Gasteiger charge is 2.15. The van der Waals surface area contributed by atoms with Gasteiger partial charge in [-0.2, -0.15) is 0 Å². The molecule has 1 aromatic heterocycles. The van der Waals surface area contributed by atoms with Crippen molar-refractivity contribution in [2.45, 2.75) is 26.2 Å². The van der Waals surface area contributed by atoms with E-state index in [0.29, 0.717) is 22.1 Å². The minimum absolute atomic E-state index is 0. The van der Waals surface area contributed by atoms with Gasteiger partial charge < -0.3 is 15.3 Å². The largest absolute Gasteiger partial charge is 0.506 e. The van der Waals surface area contributed by atoms with Crippen LogP contribution in [-0.4, -0.2) is 33.5 Å². The van der Waals surface area contributed by atoms with Gasteiger partial charge in [-0.05, 0) is 79.4 Å². The number of hydrogen-bond donors (Lipinski definition) is 5. The Balaban J connectivity index is 0.000000223. The van der Waals surface area contributed by atoms with E-state index < -0.39 is 15.6 Å². The number of nitrogens with one attached hydrogen (secondary N) is 1. The highest BCUT2D eigenvalue weighted by Crippen LogP contribution is 2.37. The summed E-state index contributed by atoms with van der Waals surface area (Å²) >= 11 is 5.85. The van der Waals surface area contributed by atoms with Crippen LogP contribution in [0.2, 0.25) is 5.02 Å². The van der Waals surface area contributed by atoms with Crippen molar-refractivity contribution in [2.24, 2.45) is 25.6 Å². The van der Waals surface area contributed by atoms with Crippen molar-refractivity contribution in [3.05, 3.63) is 124 Å². The Morgan fingerprint density at radius 3 is 2.08 bits per heavy atom. The number of phenols is 3. The number of primary sulfonamides is 1. The first-order valence-corrected chi connectivity index (χ1v) is 16.0. The Labute approximate surface area is 286 Å². The second-order valence-electron chi connectivity index (χ2n) is 10.4. The number of fused-ring (bicyclic) bond motifs is 1. The molecule has 0 radical (unpaired) electrons. The maximum absolute atomic E-state index is 12.6. The van der Waals surface area contributed by atoms with Gasteiger partial charge in [-0.15, -0.1) is 20.5 Å². The van der Waals surface area contributed by atoms with Gasteiger partial charge >= 0.3 is 0 Å². The van der Waals surface area contributed by atoms with Gasteiger partial charge in [-0.25, -0.2) is 18.2 Å². The Bertz CT molecular complexity index is 2390. The normalized spacial score (nSPS) is 11.4. The molecule has 252 valence electrons. The zero-order valence-corrected chi connectivity index (χ0v) is 27.0. The first-order valence-electron chi connectivity index (χ1n) is 14.1. The number of halogens is 1. The van der Waals surface area contributed by atoms with E-state index in [4.69, 9.17) is 16.7 Å². The molecule has 0 saturated heterocycles. The Hall–Kier alpha value is -5.83. The molecule has 0 amide bonds. The molecule has 0 saturated carbocycles. The van der Waals surface area contributed by atoms with Crippen molar-refractivity contribution in [1.82, 2.24) is 9.78 Å². The van der Waals surface area contributed by atoms with E-state index in [2.05, 4.69) is 25.6 Å². The number of nitrogens with zero attached hydrogens (tertiary/aromatic N) is 5. The molecule has 5 aromatic carbocycles. The summed E-state index contributed by atoms with van der Waals surface area (Å²) < 4.78 is 24.1. The fourth-order valence-corrected chi connectivity index (χ4v) is 5.20. The molecule has 0 aliphatic heterocycles. The van der Waals surface area contributed by atoms with Crippen molar-refractivity contribution in [3.63, 3.8) is 0 Å². The molecule has 0 aliphatic rings. The number of benzene rings is 5. The monoisotopic (exact) mass is 701 g/mol. The molecule has 0 bridgehead atoms. The number of H-pyrrole nitrogens is 1. The molecule has 13 nitrogen and oxygen atoms in total. The van der Waals surface area contributed by atoms with Gasteiger partial charge in [0.1, 0.15) is 34.3 Å². The number of aromatic nitrogens is 2. The summed E-state index contributed by atoms with van der Waals surface area (Å²) in [7, 11) is -3.92. The van der Waals surface area contributed by atoms with Crippen LogP contribution in [0.15, 0.2) is 127 Å². The molecular formula is C34H32ClN7O6S. The van der Waals surface area contributed by atoms with Gasteiger partial charge in [0.25, 0.3) is 5.56 Å². The fraction of sp³-hybridized carbons (Fsp3) is 0.0882. The zero-order chi connectivity index (χ0) is 34.6. The molecule has 15 heteroatoms. The quantitative estimate of drug-likeness (QED) is 0.107. The summed E-state index contributed by atoms with van der Waals surface area (Å²) in [6.07, 6.45) is 0. The van der Waals surface area contributed by atoms with Gasteiger partial charge in [0.15, 0.2) is 5.69 Å². The van der Waals surface area contributed by atoms with Crippen molar-refractivity contribution >= 4 is 55.1 Å². The molecule has 0 unspecified atom stereocenters. The predicted octanol–water partition coefficient (Wildman–Crippen LogP) is 8.51. The lowest BCUT2D eigenvalue weighted by Crippen LogP contribution is -2.16. The number of azo groups is 2. The molecule has 6 N–H and O–H groups in total. The Kier molecular flexibility index (Phi) is 11.0. The maximum atomic E-state index is 12.6. The lowest BCUT2D eigenvalue weighted by molar-refractivity contribution is 0.474. The van der Waals surface area contributed by atoms with Crippen LogP contribution in [0.25, 0.3) is 16.5 Å². The third kappa shape index (κ3) is 8.37. The molecule has 6 aromatic rings. The van der Waals surface area contributed by atoms with Gasteiger partial charge in [-0.3, -0.25) is 9.89 Å². The number of rotatable bonds is 6.